The molecule has 0 spiro atoms. The fourth-order valence-corrected chi connectivity index (χ4v) is 2.49. The molecule has 22 heavy (non-hydrogen) atoms. The first-order chi connectivity index (χ1) is 10.6. The minimum absolute atomic E-state index is 0.0476. The third kappa shape index (κ3) is 3.82. The quantitative estimate of drug-likeness (QED) is 0.699. The Morgan fingerprint density at radius 2 is 1.18 bits per heavy atom. The summed E-state index contributed by atoms with van der Waals surface area (Å²) in [5.41, 5.74) is 2.51. The van der Waals surface area contributed by atoms with Crippen molar-refractivity contribution in [2.24, 2.45) is 0 Å². The van der Waals surface area contributed by atoms with Gasteiger partial charge in [0.2, 0.25) is 0 Å². The van der Waals surface area contributed by atoms with Crippen LogP contribution in [0.25, 0.3) is 0 Å². The maximum Gasteiger partial charge on any atom is 0.119 e. The third-order valence-electron chi connectivity index (χ3n) is 3.94. The fourth-order valence-electron chi connectivity index (χ4n) is 2.49. The van der Waals surface area contributed by atoms with Crippen molar-refractivity contribution in [3.8, 4) is 11.5 Å². The first kappa shape index (κ1) is 16.4. The fraction of sp³-hybridized carbons (Fsp3) is 0.400. The summed E-state index contributed by atoms with van der Waals surface area (Å²) < 4.78 is 11.2. The largest absolute Gasteiger partial charge is 0.494 e. The van der Waals surface area contributed by atoms with Crippen molar-refractivity contribution >= 4 is 0 Å². The molecule has 0 aromatic heterocycles. The van der Waals surface area contributed by atoms with E-state index in [2.05, 4.69) is 57.2 Å². The summed E-state index contributed by atoms with van der Waals surface area (Å²) >= 11 is 0. The molecule has 2 aromatic carbocycles. The van der Waals surface area contributed by atoms with Gasteiger partial charge in [0.05, 0.1) is 13.2 Å². The number of benzene rings is 2. The number of hydrogen-bond donors (Lipinski definition) is 0. The summed E-state index contributed by atoms with van der Waals surface area (Å²) in [6.45, 7) is 10.1. The molecule has 118 valence electrons. The van der Waals surface area contributed by atoms with Gasteiger partial charge in [0.25, 0.3) is 0 Å². The molecule has 0 saturated carbocycles. The lowest BCUT2D eigenvalue weighted by molar-refractivity contribution is 0.317. The molecule has 0 saturated heterocycles. The van der Waals surface area contributed by atoms with Gasteiger partial charge in [0, 0.05) is 5.41 Å². The molecule has 2 heteroatoms. The zero-order chi connectivity index (χ0) is 16.0. The first-order valence-corrected chi connectivity index (χ1v) is 8.04. The second-order valence-corrected chi connectivity index (χ2v) is 5.96. The smallest absolute Gasteiger partial charge is 0.119 e. The summed E-state index contributed by atoms with van der Waals surface area (Å²) in [5.74, 6) is 1.86. The molecule has 0 atom stereocenters. The molecule has 0 aliphatic heterocycles. The van der Waals surface area contributed by atoms with E-state index in [0.29, 0.717) is 6.61 Å². The van der Waals surface area contributed by atoms with E-state index in [0.717, 1.165) is 24.5 Å². The molecule has 0 heterocycles. The molecule has 0 N–H and O–H groups in total. The van der Waals surface area contributed by atoms with Gasteiger partial charge < -0.3 is 9.47 Å². The monoisotopic (exact) mass is 298 g/mol. The lowest BCUT2D eigenvalue weighted by Crippen LogP contribution is -2.18. The Morgan fingerprint density at radius 3 is 1.59 bits per heavy atom. The second kappa shape index (κ2) is 7.35. The molecule has 2 aromatic rings. The van der Waals surface area contributed by atoms with Gasteiger partial charge in [-0.05, 0) is 48.7 Å². The van der Waals surface area contributed by atoms with E-state index in [-0.39, 0.29) is 5.41 Å². The van der Waals surface area contributed by atoms with Crippen LogP contribution in [0.5, 0.6) is 11.5 Å². The molecule has 0 radical (unpaired) electrons. The number of hydrogen-bond acceptors (Lipinski definition) is 2. The van der Waals surface area contributed by atoms with Gasteiger partial charge in [-0.15, -0.1) is 0 Å². The molecule has 2 nitrogen and oxygen atoms in total. The Hall–Kier alpha value is -1.96. The maximum absolute atomic E-state index is 5.65. The van der Waals surface area contributed by atoms with Crippen molar-refractivity contribution in [1.29, 1.82) is 0 Å². The molecule has 0 unspecified atom stereocenters. The highest BCUT2D eigenvalue weighted by Gasteiger charge is 2.23. The van der Waals surface area contributed by atoms with E-state index in [1.54, 1.807) is 0 Å². The van der Waals surface area contributed by atoms with Crippen molar-refractivity contribution in [3.05, 3.63) is 59.7 Å². The maximum atomic E-state index is 5.65. The highest BCUT2D eigenvalue weighted by atomic mass is 16.5. The number of ether oxygens (including phenoxy) is 2. The minimum Gasteiger partial charge on any atom is -0.494 e. The zero-order valence-corrected chi connectivity index (χ0v) is 14.1. The van der Waals surface area contributed by atoms with Crippen LogP contribution >= 0.6 is 0 Å². The zero-order valence-electron chi connectivity index (χ0n) is 14.1. The standard InChI is InChI=1S/C20H26O2/c1-5-15-22-19-13-9-17(10-14-19)20(3,4)16-7-11-18(12-8-16)21-6-2/h7-14H,5-6,15H2,1-4H3. The molecular formula is C20H26O2. The lowest BCUT2D eigenvalue weighted by atomic mass is 9.78. The van der Waals surface area contributed by atoms with Crippen LogP contribution in [0.1, 0.15) is 45.2 Å². The topological polar surface area (TPSA) is 18.5 Å². The van der Waals surface area contributed by atoms with Crippen LogP contribution < -0.4 is 9.47 Å². The Kier molecular flexibility index (Phi) is 5.48. The normalized spacial score (nSPS) is 11.3. The average Bonchev–Trinajstić information content (AvgIpc) is 2.54. The van der Waals surface area contributed by atoms with Crippen LogP contribution in [0.2, 0.25) is 0 Å². The van der Waals surface area contributed by atoms with Gasteiger partial charge in [-0.1, -0.05) is 45.0 Å². The Bertz CT molecular complexity index is 568. The Morgan fingerprint density at radius 1 is 0.727 bits per heavy atom. The van der Waals surface area contributed by atoms with Crippen molar-refractivity contribution in [3.63, 3.8) is 0 Å². The van der Waals surface area contributed by atoms with Crippen molar-refractivity contribution < 1.29 is 9.47 Å². The molecular weight excluding hydrogens is 272 g/mol. The van der Waals surface area contributed by atoms with Crippen molar-refractivity contribution in [2.45, 2.75) is 39.5 Å². The summed E-state index contributed by atoms with van der Waals surface area (Å²) in [6, 6.07) is 16.8. The third-order valence-corrected chi connectivity index (χ3v) is 3.94. The minimum atomic E-state index is -0.0476. The predicted molar refractivity (Wildman–Crippen MR) is 92.0 cm³/mol. The van der Waals surface area contributed by atoms with Crippen LogP contribution in [0.15, 0.2) is 48.5 Å². The molecule has 0 bridgehead atoms. The van der Waals surface area contributed by atoms with Gasteiger partial charge >= 0.3 is 0 Å². The van der Waals surface area contributed by atoms with E-state index in [1.807, 2.05) is 19.1 Å². The summed E-state index contributed by atoms with van der Waals surface area (Å²) in [4.78, 5) is 0. The molecule has 2 rings (SSSR count). The van der Waals surface area contributed by atoms with E-state index >= 15 is 0 Å². The van der Waals surface area contributed by atoms with Gasteiger partial charge in [0.1, 0.15) is 11.5 Å². The van der Waals surface area contributed by atoms with Crippen LogP contribution in [0.4, 0.5) is 0 Å². The molecule has 0 amide bonds. The van der Waals surface area contributed by atoms with E-state index in [1.165, 1.54) is 11.1 Å². The van der Waals surface area contributed by atoms with Gasteiger partial charge in [-0.3, -0.25) is 0 Å². The summed E-state index contributed by atoms with van der Waals surface area (Å²) in [7, 11) is 0. The summed E-state index contributed by atoms with van der Waals surface area (Å²) in [5, 5.41) is 0. The average molecular weight is 298 g/mol. The molecule has 0 fully saturated rings. The lowest BCUT2D eigenvalue weighted by Gasteiger charge is -2.26. The van der Waals surface area contributed by atoms with Gasteiger partial charge in [0.15, 0.2) is 0 Å². The van der Waals surface area contributed by atoms with E-state index < -0.39 is 0 Å². The first-order valence-electron chi connectivity index (χ1n) is 8.04. The molecule has 0 aliphatic rings. The van der Waals surface area contributed by atoms with Crippen molar-refractivity contribution in [2.75, 3.05) is 13.2 Å². The highest BCUT2D eigenvalue weighted by Crippen LogP contribution is 2.33. The summed E-state index contributed by atoms with van der Waals surface area (Å²) in [6.07, 6.45) is 1.03. The van der Waals surface area contributed by atoms with Gasteiger partial charge in [-0.2, -0.15) is 0 Å². The van der Waals surface area contributed by atoms with Crippen LogP contribution in [-0.4, -0.2) is 13.2 Å². The highest BCUT2D eigenvalue weighted by molar-refractivity contribution is 5.41. The van der Waals surface area contributed by atoms with E-state index in [9.17, 15) is 0 Å². The van der Waals surface area contributed by atoms with Crippen LogP contribution in [0, 0.1) is 0 Å². The predicted octanol–water partition coefficient (Wildman–Crippen LogP) is 5.20. The SMILES string of the molecule is CCCOc1ccc(C(C)(C)c2ccc(OCC)cc2)cc1. The van der Waals surface area contributed by atoms with E-state index in [4.69, 9.17) is 9.47 Å². The van der Waals surface area contributed by atoms with Crippen LogP contribution in [0.3, 0.4) is 0 Å². The van der Waals surface area contributed by atoms with Gasteiger partial charge in [-0.25, -0.2) is 0 Å². The molecule has 0 aliphatic carbocycles. The Balaban J connectivity index is 2.17. The van der Waals surface area contributed by atoms with Crippen LogP contribution in [-0.2, 0) is 5.41 Å². The number of rotatable bonds is 7. The Labute approximate surface area is 134 Å². The van der Waals surface area contributed by atoms with Crippen molar-refractivity contribution in [1.82, 2.24) is 0 Å². The second-order valence-electron chi connectivity index (χ2n) is 5.96.